The smallest absolute Gasteiger partial charge is 0.159 e. The Labute approximate surface area is 450 Å². The van der Waals surface area contributed by atoms with Crippen molar-refractivity contribution in [2.75, 3.05) is 4.90 Å². The predicted molar refractivity (Wildman–Crippen MR) is 319 cm³/mol. The number of hydrogen-bond donors (Lipinski definition) is 1. The standard InChI is InChI=1S/C71H55N5O/c1-3-48(36-40-56(4-2)75(57-28-14-7-15-29-57)58-30-16-8-17-31-58)53-37-41-61-62-45-51(38-42-64(62)76(65(61)47-53)59-32-18-9-19-33-59)52-39-43-66-63(46-52)68-60(34-21-35-67(68)77-66)54-26-20-27-55(44-54)71-73-69(49-22-10-5-11-23-49)72-70(74-71)50-24-12-6-13-25-50/h3-47,60,68-69H,1-2H3,(H,72,73,74)/b40-36-,48-3+,56-4-. The summed E-state index contributed by atoms with van der Waals surface area (Å²) >= 11 is 0. The van der Waals surface area contributed by atoms with E-state index in [-0.39, 0.29) is 18.0 Å². The number of anilines is 2. The molecule has 370 valence electrons. The third kappa shape index (κ3) is 9.00. The first-order valence-electron chi connectivity index (χ1n) is 26.5. The first-order valence-corrected chi connectivity index (χ1v) is 26.5. The van der Waals surface area contributed by atoms with E-state index < -0.39 is 0 Å². The Hall–Kier alpha value is -9.78. The van der Waals surface area contributed by atoms with Gasteiger partial charge in [0.2, 0.25) is 0 Å². The van der Waals surface area contributed by atoms with Gasteiger partial charge in [-0.25, -0.2) is 9.98 Å². The molecule has 0 fully saturated rings. The van der Waals surface area contributed by atoms with Crippen molar-refractivity contribution >= 4 is 50.4 Å². The Bertz CT molecular complexity index is 4010. The summed E-state index contributed by atoms with van der Waals surface area (Å²) in [7, 11) is 0. The van der Waals surface area contributed by atoms with Crippen LogP contribution in [0.15, 0.2) is 294 Å². The van der Waals surface area contributed by atoms with Crippen LogP contribution in [0.25, 0.3) is 44.2 Å². The van der Waals surface area contributed by atoms with Crippen LogP contribution in [-0.2, 0) is 0 Å². The molecule has 0 spiro atoms. The summed E-state index contributed by atoms with van der Waals surface area (Å²) < 4.78 is 9.08. The van der Waals surface area contributed by atoms with Crippen LogP contribution in [0.3, 0.4) is 0 Å². The summed E-state index contributed by atoms with van der Waals surface area (Å²) in [6, 6.07) is 81.8. The molecule has 3 atom stereocenters. The zero-order valence-electron chi connectivity index (χ0n) is 42.9. The Kier molecular flexibility index (Phi) is 12.5. The number of fused-ring (bicyclic) bond motifs is 6. The van der Waals surface area contributed by atoms with E-state index in [1.165, 1.54) is 21.9 Å². The van der Waals surface area contributed by atoms with Crippen molar-refractivity contribution in [3.8, 4) is 22.6 Å². The molecule has 13 rings (SSSR count). The van der Waals surface area contributed by atoms with Gasteiger partial charge in [-0.2, -0.15) is 0 Å². The van der Waals surface area contributed by atoms with Crippen LogP contribution in [0.5, 0.6) is 5.75 Å². The van der Waals surface area contributed by atoms with Gasteiger partial charge in [0.05, 0.1) is 17.0 Å². The highest BCUT2D eigenvalue weighted by Crippen LogP contribution is 2.52. The summed E-state index contributed by atoms with van der Waals surface area (Å²) in [5.74, 6) is 3.41. The number of benzene rings is 9. The molecule has 0 bridgehead atoms. The van der Waals surface area contributed by atoms with Crippen molar-refractivity contribution in [2.45, 2.75) is 31.8 Å². The van der Waals surface area contributed by atoms with Crippen LogP contribution in [0.4, 0.5) is 11.4 Å². The highest BCUT2D eigenvalue weighted by Gasteiger charge is 2.38. The average Bonchev–Trinajstić information content (AvgIpc) is 4.15. The number of para-hydroxylation sites is 3. The van der Waals surface area contributed by atoms with Crippen LogP contribution >= 0.6 is 0 Å². The minimum Gasteiger partial charge on any atom is -0.461 e. The highest BCUT2D eigenvalue weighted by atomic mass is 16.5. The van der Waals surface area contributed by atoms with E-state index >= 15 is 0 Å². The molecule has 0 amide bonds. The van der Waals surface area contributed by atoms with Gasteiger partial charge in [-0.05, 0) is 132 Å². The summed E-state index contributed by atoms with van der Waals surface area (Å²) in [6.07, 6.45) is 15.2. The van der Waals surface area contributed by atoms with Gasteiger partial charge in [0.15, 0.2) is 5.84 Å². The van der Waals surface area contributed by atoms with Gasteiger partial charge in [0.25, 0.3) is 0 Å². The van der Waals surface area contributed by atoms with Gasteiger partial charge in [-0.15, -0.1) is 0 Å². The second-order valence-corrected chi connectivity index (χ2v) is 19.6. The number of hydrogen-bond acceptors (Lipinski definition) is 5. The maximum Gasteiger partial charge on any atom is 0.159 e. The minimum atomic E-state index is -0.277. The summed E-state index contributed by atoms with van der Waals surface area (Å²) in [6.45, 7) is 4.22. The van der Waals surface area contributed by atoms with Crippen molar-refractivity contribution in [1.29, 1.82) is 0 Å². The minimum absolute atomic E-state index is 0.00521. The number of allylic oxidation sites excluding steroid dienone is 9. The molecule has 2 aliphatic heterocycles. The Balaban J connectivity index is 0.835. The number of nitrogens with one attached hydrogen (secondary N) is 1. The first kappa shape index (κ1) is 47.0. The van der Waals surface area contributed by atoms with Crippen LogP contribution in [-0.4, -0.2) is 16.2 Å². The molecule has 10 aromatic rings. The largest absolute Gasteiger partial charge is 0.461 e. The molecule has 3 heterocycles. The maximum absolute atomic E-state index is 6.67. The summed E-state index contributed by atoms with van der Waals surface area (Å²) in [5, 5.41) is 6.07. The molecule has 3 aliphatic rings. The van der Waals surface area contributed by atoms with E-state index in [4.69, 9.17) is 14.7 Å². The predicted octanol–water partition coefficient (Wildman–Crippen LogP) is 17.4. The van der Waals surface area contributed by atoms with E-state index in [1.807, 2.05) is 24.3 Å². The third-order valence-corrected chi connectivity index (χ3v) is 15.0. The molecule has 6 heteroatoms. The lowest BCUT2D eigenvalue weighted by Gasteiger charge is -2.26. The van der Waals surface area contributed by atoms with Crippen molar-refractivity contribution in [3.63, 3.8) is 0 Å². The van der Waals surface area contributed by atoms with Crippen LogP contribution in [0.1, 0.15) is 65.2 Å². The Morgan fingerprint density at radius 3 is 1.95 bits per heavy atom. The number of amidine groups is 2. The van der Waals surface area contributed by atoms with Crippen LogP contribution < -0.4 is 15.0 Å². The zero-order chi connectivity index (χ0) is 51.7. The molecule has 0 radical (unpaired) electrons. The normalized spacial score (nSPS) is 17.1. The van der Waals surface area contributed by atoms with E-state index in [9.17, 15) is 0 Å². The number of ether oxygens (including phenoxy) is 1. The van der Waals surface area contributed by atoms with Crippen LogP contribution in [0, 0.1) is 0 Å². The van der Waals surface area contributed by atoms with Gasteiger partial charge >= 0.3 is 0 Å². The lowest BCUT2D eigenvalue weighted by Crippen LogP contribution is -2.33. The fraction of sp³-hybridized carbons (Fsp3) is 0.0704. The fourth-order valence-corrected chi connectivity index (χ4v) is 11.3. The van der Waals surface area contributed by atoms with E-state index in [1.54, 1.807) is 0 Å². The topological polar surface area (TPSA) is 54.2 Å². The van der Waals surface area contributed by atoms with Gasteiger partial charge in [0.1, 0.15) is 23.5 Å². The van der Waals surface area contributed by atoms with E-state index in [0.29, 0.717) is 5.84 Å². The average molecular weight is 994 g/mol. The molecule has 1 N–H and O–H groups in total. The number of nitrogens with zero attached hydrogens (tertiary/aromatic N) is 4. The molecular weight excluding hydrogens is 939 g/mol. The molecule has 0 saturated heterocycles. The molecule has 3 unspecified atom stereocenters. The monoisotopic (exact) mass is 993 g/mol. The lowest BCUT2D eigenvalue weighted by atomic mass is 9.78. The molecular formula is C71H55N5O. The van der Waals surface area contributed by atoms with Crippen molar-refractivity contribution in [2.24, 2.45) is 9.98 Å². The quantitative estimate of drug-likeness (QED) is 0.124. The fourth-order valence-electron chi connectivity index (χ4n) is 11.3. The molecule has 6 nitrogen and oxygen atoms in total. The van der Waals surface area contributed by atoms with E-state index in [2.05, 4.69) is 277 Å². The second kappa shape index (κ2) is 20.5. The van der Waals surface area contributed by atoms with Gasteiger partial charge in [0, 0.05) is 56.1 Å². The maximum atomic E-state index is 6.67. The highest BCUT2D eigenvalue weighted by molar-refractivity contribution is 6.13. The number of aliphatic imine (C=N–C) groups is 2. The molecule has 9 aromatic carbocycles. The van der Waals surface area contributed by atoms with Crippen molar-refractivity contribution in [1.82, 2.24) is 9.88 Å². The molecule has 0 saturated carbocycles. The summed E-state index contributed by atoms with van der Waals surface area (Å²) in [5.41, 5.74) is 16.8. The molecule has 77 heavy (non-hydrogen) atoms. The summed E-state index contributed by atoms with van der Waals surface area (Å²) in [4.78, 5) is 12.5. The van der Waals surface area contributed by atoms with Crippen molar-refractivity contribution in [3.05, 3.63) is 318 Å². The zero-order valence-corrected chi connectivity index (χ0v) is 42.9. The molecule has 1 aliphatic carbocycles. The SMILES string of the molecule is C/C=C(/C=C\C(=C/C)c1ccc2c3cc(-c4ccc5c(c4)C4C(=CC=CC4c4cccc(C6=NC(c7ccccc7)=NC(c7ccccc7)N6)c4)O5)ccc3n(-c3ccccc3)c2c1)N(c1ccccc1)c1ccccc1. The van der Waals surface area contributed by atoms with Crippen LogP contribution in [0.2, 0.25) is 0 Å². The first-order chi connectivity index (χ1) is 38.1. The second-order valence-electron chi connectivity index (χ2n) is 19.6. The van der Waals surface area contributed by atoms with Gasteiger partial charge in [-0.1, -0.05) is 188 Å². The number of aromatic nitrogens is 1. The lowest BCUT2D eigenvalue weighted by molar-refractivity contribution is 0.416. The molecule has 1 aromatic heterocycles. The Morgan fingerprint density at radius 1 is 0.558 bits per heavy atom. The third-order valence-electron chi connectivity index (χ3n) is 15.0. The van der Waals surface area contributed by atoms with Gasteiger partial charge in [-0.3, -0.25) is 0 Å². The number of rotatable bonds is 12. The van der Waals surface area contributed by atoms with Crippen molar-refractivity contribution < 1.29 is 4.74 Å². The van der Waals surface area contributed by atoms with Gasteiger partial charge < -0.3 is 19.5 Å². The van der Waals surface area contributed by atoms with E-state index in [0.717, 1.165) is 90.1 Å². The Morgan fingerprint density at radius 2 is 1.22 bits per heavy atom.